The monoisotopic (exact) mass is 302 g/mol. The zero-order valence-electron chi connectivity index (χ0n) is 13.9. The average Bonchev–Trinajstić information content (AvgIpc) is 2.46. The SMILES string of the molecule is CCCNCC1(CN(C)C(C)CCSC)CCCOC1. The lowest BCUT2D eigenvalue weighted by Crippen LogP contribution is -2.50. The molecule has 3 nitrogen and oxygen atoms in total. The molecule has 2 atom stereocenters. The summed E-state index contributed by atoms with van der Waals surface area (Å²) < 4.78 is 5.81. The van der Waals surface area contributed by atoms with Crippen molar-refractivity contribution < 1.29 is 4.74 Å². The van der Waals surface area contributed by atoms with Crippen LogP contribution in [0.25, 0.3) is 0 Å². The van der Waals surface area contributed by atoms with Gasteiger partial charge in [0.15, 0.2) is 0 Å². The smallest absolute Gasteiger partial charge is 0.0546 e. The van der Waals surface area contributed by atoms with E-state index in [9.17, 15) is 0 Å². The van der Waals surface area contributed by atoms with Crippen LogP contribution in [0, 0.1) is 5.41 Å². The minimum atomic E-state index is 0.315. The lowest BCUT2D eigenvalue weighted by atomic mass is 9.81. The summed E-state index contributed by atoms with van der Waals surface area (Å²) in [4.78, 5) is 2.54. The fraction of sp³-hybridized carbons (Fsp3) is 1.00. The molecule has 1 heterocycles. The minimum Gasteiger partial charge on any atom is -0.381 e. The Morgan fingerprint density at radius 1 is 1.45 bits per heavy atom. The Morgan fingerprint density at radius 2 is 2.25 bits per heavy atom. The molecular weight excluding hydrogens is 268 g/mol. The molecule has 1 N–H and O–H groups in total. The summed E-state index contributed by atoms with van der Waals surface area (Å²) >= 11 is 1.95. The van der Waals surface area contributed by atoms with Gasteiger partial charge in [-0.2, -0.15) is 11.8 Å². The Bertz CT molecular complexity index is 245. The Balaban J connectivity index is 2.49. The van der Waals surface area contributed by atoms with E-state index in [1.807, 2.05) is 11.8 Å². The molecule has 0 bridgehead atoms. The van der Waals surface area contributed by atoms with Crippen molar-refractivity contribution in [3.05, 3.63) is 0 Å². The van der Waals surface area contributed by atoms with Crippen LogP contribution < -0.4 is 5.32 Å². The van der Waals surface area contributed by atoms with Gasteiger partial charge in [0, 0.05) is 31.2 Å². The first-order chi connectivity index (χ1) is 9.63. The van der Waals surface area contributed by atoms with Crippen molar-refractivity contribution in [2.24, 2.45) is 5.41 Å². The van der Waals surface area contributed by atoms with E-state index in [-0.39, 0.29) is 0 Å². The van der Waals surface area contributed by atoms with Crippen molar-refractivity contribution >= 4 is 11.8 Å². The molecule has 2 unspecified atom stereocenters. The second-order valence-corrected chi connectivity index (χ2v) is 7.36. The van der Waals surface area contributed by atoms with Crippen LogP contribution in [0.3, 0.4) is 0 Å². The maximum Gasteiger partial charge on any atom is 0.0546 e. The van der Waals surface area contributed by atoms with Crippen LogP contribution in [0.2, 0.25) is 0 Å². The molecule has 20 heavy (non-hydrogen) atoms. The minimum absolute atomic E-state index is 0.315. The fourth-order valence-electron chi connectivity index (χ4n) is 2.95. The first kappa shape index (κ1) is 18.3. The molecule has 1 rings (SSSR count). The van der Waals surface area contributed by atoms with Gasteiger partial charge in [0.25, 0.3) is 0 Å². The number of hydrogen-bond donors (Lipinski definition) is 1. The van der Waals surface area contributed by atoms with Gasteiger partial charge in [0.2, 0.25) is 0 Å². The number of thioether (sulfide) groups is 1. The largest absolute Gasteiger partial charge is 0.381 e. The van der Waals surface area contributed by atoms with Crippen LogP contribution in [0.1, 0.15) is 39.5 Å². The molecular formula is C16H34N2OS. The third kappa shape index (κ3) is 6.33. The van der Waals surface area contributed by atoms with Crippen molar-refractivity contribution in [3.63, 3.8) is 0 Å². The van der Waals surface area contributed by atoms with Gasteiger partial charge in [-0.25, -0.2) is 0 Å². The van der Waals surface area contributed by atoms with E-state index in [1.165, 1.54) is 31.4 Å². The number of nitrogens with one attached hydrogen (secondary N) is 1. The van der Waals surface area contributed by atoms with E-state index in [2.05, 4.69) is 37.4 Å². The van der Waals surface area contributed by atoms with Crippen molar-refractivity contribution in [2.75, 3.05) is 51.9 Å². The van der Waals surface area contributed by atoms with Crippen LogP contribution in [0.4, 0.5) is 0 Å². The zero-order chi connectivity index (χ0) is 14.8. The Labute approximate surface area is 130 Å². The maximum absolute atomic E-state index is 5.81. The highest BCUT2D eigenvalue weighted by molar-refractivity contribution is 7.98. The highest BCUT2D eigenvalue weighted by atomic mass is 32.2. The predicted octanol–water partition coefficient (Wildman–Crippen LogP) is 2.86. The molecule has 1 saturated heterocycles. The molecule has 0 aromatic heterocycles. The summed E-state index contributed by atoms with van der Waals surface area (Å²) in [5.41, 5.74) is 0.315. The van der Waals surface area contributed by atoms with Gasteiger partial charge in [0.1, 0.15) is 0 Å². The molecule has 120 valence electrons. The Kier molecular flexibility index (Phi) is 9.18. The third-order valence-electron chi connectivity index (χ3n) is 4.41. The lowest BCUT2D eigenvalue weighted by Gasteiger charge is -2.41. The van der Waals surface area contributed by atoms with Gasteiger partial charge >= 0.3 is 0 Å². The molecule has 0 aromatic carbocycles. The van der Waals surface area contributed by atoms with E-state index >= 15 is 0 Å². The summed E-state index contributed by atoms with van der Waals surface area (Å²) in [6.45, 7) is 9.82. The molecule has 1 aliphatic heterocycles. The standard InChI is InChI=1S/C16H34N2OS/c1-5-9-17-12-16(8-6-10-19-14-16)13-18(3)15(2)7-11-20-4/h15,17H,5-14H2,1-4H3. The molecule has 1 aliphatic rings. The molecule has 0 saturated carbocycles. The number of rotatable bonds is 10. The first-order valence-corrected chi connectivity index (χ1v) is 9.50. The molecule has 4 heteroatoms. The average molecular weight is 303 g/mol. The van der Waals surface area contributed by atoms with Crippen LogP contribution in [0.15, 0.2) is 0 Å². The van der Waals surface area contributed by atoms with Gasteiger partial charge in [-0.05, 0) is 58.2 Å². The molecule has 0 radical (unpaired) electrons. The second kappa shape index (κ2) is 10.0. The van der Waals surface area contributed by atoms with E-state index in [0.717, 1.165) is 32.8 Å². The van der Waals surface area contributed by atoms with Crippen molar-refractivity contribution in [2.45, 2.75) is 45.6 Å². The summed E-state index contributed by atoms with van der Waals surface area (Å²) in [5.74, 6) is 1.25. The second-order valence-electron chi connectivity index (χ2n) is 6.38. The van der Waals surface area contributed by atoms with E-state index < -0.39 is 0 Å². The quantitative estimate of drug-likeness (QED) is 0.627. The van der Waals surface area contributed by atoms with E-state index in [1.54, 1.807) is 0 Å². The topological polar surface area (TPSA) is 24.5 Å². The zero-order valence-corrected chi connectivity index (χ0v) is 14.7. The van der Waals surface area contributed by atoms with Gasteiger partial charge in [0.05, 0.1) is 6.61 Å². The van der Waals surface area contributed by atoms with Crippen LogP contribution >= 0.6 is 11.8 Å². The highest BCUT2D eigenvalue weighted by Crippen LogP contribution is 2.29. The molecule has 0 aromatic rings. The molecule has 0 spiro atoms. The van der Waals surface area contributed by atoms with Crippen molar-refractivity contribution in [3.8, 4) is 0 Å². The molecule has 0 amide bonds. The molecule has 0 aliphatic carbocycles. The van der Waals surface area contributed by atoms with Gasteiger partial charge in [-0.1, -0.05) is 6.92 Å². The Hall–Kier alpha value is 0.230. The molecule has 1 fully saturated rings. The van der Waals surface area contributed by atoms with E-state index in [0.29, 0.717) is 11.5 Å². The van der Waals surface area contributed by atoms with Gasteiger partial charge in [-0.15, -0.1) is 0 Å². The summed E-state index contributed by atoms with van der Waals surface area (Å²) in [5, 5.41) is 3.62. The normalized spacial score (nSPS) is 25.1. The van der Waals surface area contributed by atoms with E-state index in [4.69, 9.17) is 4.74 Å². The first-order valence-electron chi connectivity index (χ1n) is 8.11. The maximum atomic E-state index is 5.81. The van der Waals surface area contributed by atoms with Crippen LogP contribution in [-0.4, -0.2) is 62.8 Å². The summed E-state index contributed by atoms with van der Waals surface area (Å²) in [6.07, 6.45) is 7.18. The number of hydrogen-bond acceptors (Lipinski definition) is 4. The van der Waals surface area contributed by atoms with Crippen LogP contribution in [0.5, 0.6) is 0 Å². The predicted molar refractivity (Wildman–Crippen MR) is 90.7 cm³/mol. The fourth-order valence-corrected chi connectivity index (χ4v) is 3.53. The highest BCUT2D eigenvalue weighted by Gasteiger charge is 2.34. The third-order valence-corrected chi connectivity index (χ3v) is 5.05. The summed E-state index contributed by atoms with van der Waals surface area (Å²) in [6, 6.07) is 0.660. The van der Waals surface area contributed by atoms with Gasteiger partial charge in [-0.3, -0.25) is 0 Å². The van der Waals surface area contributed by atoms with Gasteiger partial charge < -0.3 is 15.0 Å². The van der Waals surface area contributed by atoms with Crippen LogP contribution in [-0.2, 0) is 4.74 Å². The Morgan fingerprint density at radius 3 is 2.85 bits per heavy atom. The summed E-state index contributed by atoms with van der Waals surface area (Å²) in [7, 11) is 2.28. The lowest BCUT2D eigenvalue weighted by molar-refractivity contribution is -0.0273. The number of ether oxygens (including phenoxy) is 1. The van der Waals surface area contributed by atoms with Crippen molar-refractivity contribution in [1.29, 1.82) is 0 Å². The van der Waals surface area contributed by atoms with Crippen molar-refractivity contribution in [1.82, 2.24) is 10.2 Å². The number of nitrogens with zero attached hydrogens (tertiary/aromatic N) is 1.